The van der Waals surface area contributed by atoms with Gasteiger partial charge >= 0.3 is 6.03 Å². The molecule has 0 bridgehead atoms. The molecule has 2 rings (SSSR count). The molecular formula is C13H16N4O3S. The summed E-state index contributed by atoms with van der Waals surface area (Å²) in [7, 11) is 3.08. The first kappa shape index (κ1) is 15.0. The van der Waals surface area contributed by atoms with Crippen LogP contribution in [0.5, 0.6) is 11.5 Å². The monoisotopic (exact) mass is 308 g/mol. The van der Waals surface area contributed by atoms with E-state index in [1.54, 1.807) is 26.2 Å². The van der Waals surface area contributed by atoms with Crippen LogP contribution in [-0.2, 0) is 0 Å². The summed E-state index contributed by atoms with van der Waals surface area (Å²) >= 11 is 1.27. The quantitative estimate of drug-likeness (QED) is 0.936. The van der Waals surface area contributed by atoms with Gasteiger partial charge in [0.2, 0.25) is 5.13 Å². The third kappa shape index (κ3) is 2.89. The number of urea groups is 1. The SMILES string of the molecule is COc1cc(OC)c(N(C(N)=O)c2nnc(C)s2)cc1C. The van der Waals surface area contributed by atoms with Crippen molar-refractivity contribution < 1.29 is 14.3 Å². The van der Waals surface area contributed by atoms with Crippen LogP contribution < -0.4 is 20.1 Å². The zero-order chi connectivity index (χ0) is 15.6. The van der Waals surface area contributed by atoms with Crippen molar-refractivity contribution in [1.29, 1.82) is 0 Å². The molecule has 0 saturated carbocycles. The van der Waals surface area contributed by atoms with Crippen LogP contribution in [0.15, 0.2) is 12.1 Å². The number of ether oxygens (including phenoxy) is 2. The summed E-state index contributed by atoms with van der Waals surface area (Å²) in [5.41, 5.74) is 6.84. The minimum atomic E-state index is -0.658. The zero-order valence-corrected chi connectivity index (χ0v) is 13.0. The van der Waals surface area contributed by atoms with Gasteiger partial charge in [0.25, 0.3) is 0 Å². The van der Waals surface area contributed by atoms with Crippen LogP contribution >= 0.6 is 11.3 Å². The molecule has 7 nitrogen and oxygen atoms in total. The normalized spacial score (nSPS) is 10.3. The minimum Gasteiger partial charge on any atom is -0.496 e. The molecule has 1 heterocycles. The highest BCUT2D eigenvalue weighted by Crippen LogP contribution is 2.39. The van der Waals surface area contributed by atoms with Gasteiger partial charge in [0, 0.05) is 6.07 Å². The predicted octanol–water partition coefficient (Wildman–Crippen LogP) is 2.39. The number of nitrogens with two attached hydrogens (primary N) is 1. The smallest absolute Gasteiger partial charge is 0.325 e. The zero-order valence-electron chi connectivity index (χ0n) is 12.2. The van der Waals surface area contributed by atoms with Crippen molar-refractivity contribution in [3.05, 3.63) is 22.7 Å². The third-order valence-corrected chi connectivity index (χ3v) is 3.69. The highest BCUT2D eigenvalue weighted by Gasteiger charge is 2.24. The summed E-state index contributed by atoms with van der Waals surface area (Å²) in [5.74, 6) is 1.12. The van der Waals surface area contributed by atoms with Crippen molar-refractivity contribution in [2.75, 3.05) is 19.1 Å². The fraction of sp³-hybridized carbons (Fsp3) is 0.308. The van der Waals surface area contributed by atoms with Crippen LogP contribution in [0, 0.1) is 13.8 Å². The van der Waals surface area contributed by atoms with Gasteiger partial charge < -0.3 is 15.2 Å². The van der Waals surface area contributed by atoms with E-state index in [4.69, 9.17) is 15.2 Å². The number of carbonyl (C=O) groups excluding carboxylic acids is 1. The van der Waals surface area contributed by atoms with E-state index < -0.39 is 6.03 Å². The maximum Gasteiger partial charge on any atom is 0.325 e. The molecule has 2 amide bonds. The second-order valence-corrected chi connectivity index (χ2v) is 5.43. The third-order valence-electron chi connectivity index (χ3n) is 2.86. The van der Waals surface area contributed by atoms with Crippen molar-refractivity contribution in [3.8, 4) is 11.5 Å². The molecule has 0 spiro atoms. The van der Waals surface area contributed by atoms with Gasteiger partial charge in [0.15, 0.2) is 0 Å². The summed E-state index contributed by atoms with van der Waals surface area (Å²) in [4.78, 5) is 13.1. The molecule has 0 atom stereocenters. The first-order valence-corrected chi connectivity index (χ1v) is 6.92. The van der Waals surface area contributed by atoms with Gasteiger partial charge in [-0.2, -0.15) is 0 Å². The van der Waals surface area contributed by atoms with Crippen LogP contribution in [0.1, 0.15) is 10.6 Å². The molecule has 1 aromatic carbocycles. The number of rotatable bonds is 4. The van der Waals surface area contributed by atoms with Gasteiger partial charge in [0.05, 0.1) is 19.9 Å². The molecule has 0 aliphatic carbocycles. The molecule has 0 saturated heterocycles. The summed E-state index contributed by atoms with van der Waals surface area (Å²) in [6.45, 7) is 3.67. The lowest BCUT2D eigenvalue weighted by atomic mass is 10.1. The number of aryl methyl sites for hydroxylation is 2. The van der Waals surface area contributed by atoms with Gasteiger partial charge in [0.1, 0.15) is 16.5 Å². The van der Waals surface area contributed by atoms with Crippen molar-refractivity contribution in [3.63, 3.8) is 0 Å². The molecular weight excluding hydrogens is 292 g/mol. The van der Waals surface area contributed by atoms with Gasteiger partial charge in [-0.1, -0.05) is 11.3 Å². The van der Waals surface area contributed by atoms with E-state index in [2.05, 4.69) is 10.2 Å². The Morgan fingerprint density at radius 3 is 2.33 bits per heavy atom. The Bertz CT molecular complexity index is 671. The van der Waals surface area contributed by atoms with Gasteiger partial charge in [-0.3, -0.25) is 0 Å². The Morgan fingerprint density at radius 2 is 1.86 bits per heavy atom. The maximum absolute atomic E-state index is 11.8. The molecule has 2 aromatic rings. The Morgan fingerprint density at radius 1 is 1.19 bits per heavy atom. The number of hydrogen-bond acceptors (Lipinski definition) is 6. The maximum atomic E-state index is 11.8. The van der Waals surface area contributed by atoms with Crippen molar-refractivity contribution in [1.82, 2.24) is 10.2 Å². The highest BCUT2D eigenvalue weighted by atomic mass is 32.1. The van der Waals surface area contributed by atoms with E-state index >= 15 is 0 Å². The Balaban J connectivity index is 2.60. The predicted molar refractivity (Wildman–Crippen MR) is 80.7 cm³/mol. The van der Waals surface area contributed by atoms with Gasteiger partial charge in [-0.05, 0) is 25.5 Å². The molecule has 112 valence electrons. The lowest BCUT2D eigenvalue weighted by Crippen LogP contribution is -2.31. The molecule has 0 radical (unpaired) electrons. The van der Waals surface area contributed by atoms with E-state index in [-0.39, 0.29) is 0 Å². The van der Waals surface area contributed by atoms with E-state index in [0.717, 1.165) is 10.6 Å². The first-order chi connectivity index (χ1) is 9.97. The van der Waals surface area contributed by atoms with Crippen molar-refractivity contribution >= 4 is 28.2 Å². The number of hydrogen-bond donors (Lipinski definition) is 1. The lowest BCUT2D eigenvalue weighted by Gasteiger charge is -2.21. The van der Waals surface area contributed by atoms with Crippen LogP contribution in [0.3, 0.4) is 0 Å². The number of aromatic nitrogens is 2. The Labute approximate surface area is 126 Å². The molecule has 0 aliphatic heterocycles. The van der Waals surface area contributed by atoms with Gasteiger partial charge in [-0.25, -0.2) is 9.69 Å². The molecule has 0 fully saturated rings. The standard InChI is InChI=1S/C13H16N4O3S/c1-7-5-9(11(20-4)6-10(7)19-3)17(12(14)18)13-16-15-8(2)21-13/h5-6H,1-4H3,(H2,14,18). The number of benzene rings is 1. The average Bonchev–Trinajstić information content (AvgIpc) is 2.85. The number of anilines is 2. The van der Waals surface area contributed by atoms with E-state index in [1.807, 2.05) is 6.92 Å². The van der Waals surface area contributed by atoms with Gasteiger partial charge in [-0.15, -0.1) is 10.2 Å². The minimum absolute atomic E-state index is 0.392. The largest absolute Gasteiger partial charge is 0.496 e. The molecule has 0 unspecified atom stereocenters. The van der Waals surface area contributed by atoms with Crippen LogP contribution in [0.2, 0.25) is 0 Å². The number of amides is 2. The summed E-state index contributed by atoms with van der Waals surface area (Å²) in [6.07, 6.45) is 0. The fourth-order valence-corrected chi connectivity index (χ4v) is 2.61. The Kier molecular flexibility index (Phi) is 4.27. The highest BCUT2D eigenvalue weighted by molar-refractivity contribution is 7.15. The van der Waals surface area contributed by atoms with E-state index in [9.17, 15) is 4.79 Å². The fourth-order valence-electron chi connectivity index (χ4n) is 1.90. The number of nitrogens with zero attached hydrogens (tertiary/aromatic N) is 3. The summed E-state index contributed by atoms with van der Waals surface area (Å²) < 4.78 is 10.6. The van der Waals surface area contributed by atoms with E-state index in [0.29, 0.717) is 22.3 Å². The van der Waals surface area contributed by atoms with Crippen LogP contribution in [0.25, 0.3) is 0 Å². The van der Waals surface area contributed by atoms with Crippen molar-refractivity contribution in [2.45, 2.75) is 13.8 Å². The molecule has 21 heavy (non-hydrogen) atoms. The van der Waals surface area contributed by atoms with Crippen LogP contribution in [0.4, 0.5) is 15.6 Å². The Hall–Kier alpha value is -2.35. The van der Waals surface area contributed by atoms with Crippen LogP contribution in [-0.4, -0.2) is 30.4 Å². The molecule has 0 aliphatic rings. The molecule has 1 aromatic heterocycles. The summed E-state index contributed by atoms with van der Waals surface area (Å²) in [6, 6.07) is 2.81. The topological polar surface area (TPSA) is 90.6 Å². The van der Waals surface area contributed by atoms with E-state index in [1.165, 1.54) is 23.3 Å². The number of primary amides is 1. The summed E-state index contributed by atoms with van der Waals surface area (Å²) in [5, 5.41) is 9.01. The second kappa shape index (κ2) is 5.96. The number of carbonyl (C=O) groups is 1. The second-order valence-electron chi connectivity index (χ2n) is 4.27. The molecule has 2 N–H and O–H groups in total. The van der Waals surface area contributed by atoms with Crippen molar-refractivity contribution in [2.24, 2.45) is 5.73 Å². The number of methoxy groups -OCH3 is 2. The lowest BCUT2D eigenvalue weighted by molar-refractivity contribution is 0.256. The first-order valence-electron chi connectivity index (χ1n) is 6.10. The molecule has 8 heteroatoms. The average molecular weight is 308 g/mol.